The van der Waals surface area contributed by atoms with E-state index in [1.165, 1.54) is 57.8 Å². The van der Waals surface area contributed by atoms with Crippen LogP contribution in [-0.4, -0.2) is 0 Å². The third-order valence-electron chi connectivity index (χ3n) is 6.77. The van der Waals surface area contributed by atoms with Gasteiger partial charge in [-0.2, -0.15) is 0 Å². The van der Waals surface area contributed by atoms with Crippen LogP contribution >= 0.6 is 9.24 Å². The average Bonchev–Trinajstić information content (AvgIpc) is 2.60. The van der Waals surface area contributed by atoms with E-state index in [1.54, 1.807) is 0 Å². The largest absolute Gasteiger partial charge is 0.206 e. The van der Waals surface area contributed by atoms with E-state index >= 15 is 0 Å². The maximum atomic E-state index is 14.6. The summed E-state index contributed by atoms with van der Waals surface area (Å²) in [6.07, 6.45) is 12.1. The number of aryl methyl sites for hydroxylation is 1. The molecule has 0 spiro atoms. The lowest BCUT2D eigenvalue weighted by Crippen LogP contribution is -2.25. The Bertz CT molecular complexity index is 523. The van der Waals surface area contributed by atoms with Crippen LogP contribution in [0.25, 0.3) is 0 Å². The van der Waals surface area contributed by atoms with Gasteiger partial charge in [-0.1, -0.05) is 38.3 Å². The first-order valence-electron chi connectivity index (χ1n) is 9.64. The third kappa shape index (κ3) is 3.81. The van der Waals surface area contributed by atoms with Crippen molar-refractivity contribution in [2.75, 3.05) is 0 Å². The van der Waals surface area contributed by atoms with E-state index in [4.69, 9.17) is 0 Å². The van der Waals surface area contributed by atoms with Crippen molar-refractivity contribution in [2.24, 2.45) is 17.8 Å². The van der Waals surface area contributed by atoms with Gasteiger partial charge < -0.3 is 0 Å². The Kier molecular flexibility index (Phi) is 5.78. The zero-order chi connectivity index (χ0) is 16.4. The molecule has 0 saturated heterocycles. The Morgan fingerprint density at radius 2 is 1.52 bits per heavy atom. The highest BCUT2D eigenvalue weighted by molar-refractivity contribution is 7.27. The van der Waals surface area contributed by atoms with E-state index in [-0.39, 0.29) is 5.82 Å². The lowest BCUT2D eigenvalue weighted by Gasteiger charge is -2.38. The molecule has 0 heterocycles. The summed E-state index contributed by atoms with van der Waals surface area (Å²) in [6, 6.07) is 4.12. The summed E-state index contributed by atoms with van der Waals surface area (Å²) in [5.74, 6) is 3.33. The SMILES string of the molecule is CCC1CCC(C2CCC(c3ccc(C)c(P)c3F)CC2)CC1. The van der Waals surface area contributed by atoms with Crippen LogP contribution < -0.4 is 5.30 Å². The van der Waals surface area contributed by atoms with Crippen molar-refractivity contribution in [1.29, 1.82) is 0 Å². The van der Waals surface area contributed by atoms with E-state index in [9.17, 15) is 4.39 Å². The second-order valence-electron chi connectivity index (χ2n) is 8.00. The topological polar surface area (TPSA) is 0 Å². The van der Waals surface area contributed by atoms with Gasteiger partial charge in [0.05, 0.1) is 0 Å². The fourth-order valence-corrected chi connectivity index (χ4v) is 5.25. The summed E-state index contributed by atoms with van der Waals surface area (Å²) < 4.78 is 14.6. The second-order valence-corrected chi connectivity index (χ2v) is 8.58. The van der Waals surface area contributed by atoms with Gasteiger partial charge >= 0.3 is 0 Å². The Balaban J connectivity index is 1.58. The van der Waals surface area contributed by atoms with Gasteiger partial charge in [-0.05, 0) is 80.2 Å². The van der Waals surface area contributed by atoms with Crippen LogP contribution in [0.2, 0.25) is 0 Å². The van der Waals surface area contributed by atoms with Crippen LogP contribution in [0.5, 0.6) is 0 Å². The molecular weight excluding hydrogens is 302 g/mol. The average molecular weight is 334 g/mol. The molecule has 2 saturated carbocycles. The molecule has 0 bridgehead atoms. The van der Waals surface area contributed by atoms with Crippen LogP contribution in [0.1, 0.15) is 81.8 Å². The van der Waals surface area contributed by atoms with Crippen molar-refractivity contribution in [3.8, 4) is 0 Å². The number of hydrogen-bond donors (Lipinski definition) is 0. The van der Waals surface area contributed by atoms with Crippen molar-refractivity contribution in [3.63, 3.8) is 0 Å². The van der Waals surface area contributed by atoms with Crippen molar-refractivity contribution < 1.29 is 4.39 Å². The Morgan fingerprint density at radius 1 is 0.957 bits per heavy atom. The minimum atomic E-state index is 0.0295. The van der Waals surface area contributed by atoms with Gasteiger partial charge in [0.25, 0.3) is 0 Å². The van der Waals surface area contributed by atoms with Crippen molar-refractivity contribution in [2.45, 2.75) is 77.6 Å². The lowest BCUT2D eigenvalue weighted by atomic mass is 9.68. The molecule has 2 heteroatoms. The highest BCUT2D eigenvalue weighted by atomic mass is 31.0. The van der Waals surface area contributed by atoms with E-state index in [2.05, 4.69) is 22.2 Å². The summed E-state index contributed by atoms with van der Waals surface area (Å²) in [4.78, 5) is 0. The smallest absolute Gasteiger partial charge is 0.134 e. The first-order valence-corrected chi connectivity index (χ1v) is 10.2. The molecule has 1 aromatic carbocycles. The van der Waals surface area contributed by atoms with Gasteiger partial charge in [-0.15, -0.1) is 9.24 Å². The minimum absolute atomic E-state index is 0.0295. The molecule has 2 aliphatic carbocycles. The van der Waals surface area contributed by atoms with Crippen molar-refractivity contribution in [1.82, 2.24) is 0 Å². The summed E-state index contributed by atoms with van der Waals surface area (Å²) in [6.45, 7) is 4.32. The molecule has 3 rings (SSSR count). The predicted octanol–water partition coefficient (Wildman–Crippen LogP) is 6.12. The molecule has 128 valence electrons. The van der Waals surface area contributed by atoms with Crippen LogP contribution in [0.3, 0.4) is 0 Å². The van der Waals surface area contributed by atoms with Crippen LogP contribution in [0, 0.1) is 30.5 Å². The normalized spacial score (nSPS) is 32.0. The molecule has 2 aliphatic rings. The van der Waals surface area contributed by atoms with E-state index in [0.29, 0.717) is 5.92 Å². The first-order chi connectivity index (χ1) is 11.1. The maximum Gasteiger partial charge on any atom is 0.134 e. The Labute approximate surface area is 143 Å². The molecule has 2 fully saturated rings. The monoisotopic (exact) mass is 334 g/mol. The van der Waals surface area contributed by atoms with Gasteiger partial charge in [0.2, 0.25) is 0 Å². The zero-order valence-corrected chi connectivity index (χ0v) is 15.9. The van der Waals surface area contributed by atoms with Gasteiger partial charge in [0.1, 0.15) is 5.82 Å². The standard InChI is InChI=1S/C21H32FP/c1-3-15-5-7-16(8-6-15)17-9-11-18(12-10-17)19-13-4-14(2)21(23)20(19)22/h4,13,15-18H,3,5-12,23H2,1-2H3. The maximum absolute atomic E-state index is 14.6. The van der Waals surface area contributed by atoms with Gasteiger partial charge in [-0.25, -0.2) is 4.39 Å². The van der Waals surface area contributed by atoms with Crippen molar-refractivity contribution >= 4 is 14.5 Å². The van der Waals surface area contributed by atoms with Crippen LogP contribution in [0.4, 0.5) is 4.39 Å². The number of rotatable bonds is 3. The molecular formula is C21H32FP. The quantitative estimate of drug-likeness (QED) is 0.584. The fraction of sp³-hybridized carbons (Fsp3) is 0.714. The van der Waals surface area contributed by atoms with Gasteiger partial charge in [0, 0.05) is 5.30 Å². The summed E-state index contributed by atoms with van der Waals surface area (Å²) in [7, 11) is 2.58. The lowest BCUT2D eigenvalue weighted by molar-refractivity contribution is 0.158. The summed E-state index contributed by atoms with van der Waals surface area (Å²) in [5.41, 5.74) is 2.01. The third-order valence-corrected chi connectivity index (χ3v) is 7.48. The Hall–Kier alpha value is -0.420. The summed E-state index contributed by atoms with van der Waals surface area (Å²) >= 11 is 0. The predicted molar refractivity (Wildman–Crippen MR) is 101 cm³/mol. The van der Waals surface area contributed by atoms with E-state index in [1.807, 2.05) is 13.0 Å². The highest BCUT2D eigenvalue weighted by Gasteiger charge is 2.31. The van der Waals surface area contributed by atoms with Crippen molar-refractivity contribution in [3.05, 3.63) is 29.1 Å². The number of benzene rings is 1. The zero-order valence-electron chi connectivity index (χ0n) is 14.8. The highest BCUT2D eigenvalue weighted by Crippen LogP contribution is 2.44. The molecule has 0 N–H and O–H groups in total. The molecule has 1 atom stereocenters. The van der Waals surface area contributed by atoms with Gasteiger partial charge in [0.15, 0.2) is 0 Å². The molecule has 23 heavy (non-hydrogen) atoms. The fourth-order valence-electron chi connectivity index (χ4n) is 4.99. The Morgan fingerprint density at radius 3 is 2.09 bits per heavy atom. The van der Waals surface area contributed by atoms with Crippen LogP contribution in [-0.2, 0) is 0 Å². The number of halogens is 1. The van der Waals surface area contributed by atoms with E-state index in [0.717, 1.165) is 34.2 Å². The summed E-state index contributed by atoms with van der Waals surface area (Å²) in [5, 5.41) is 0.766. The van der Waals surface area contributed by atoms with Crippen LogP contribution in [0.15, 0.2) is 12.1 Å². The number of hydrogen-bond acceptors (Lipinski definition) is 0. The molecule has 0 amide bonds. The van der Waals surface area contributed by atoms with Gasteiger partial charge in [-0.3, -0.25) is 0 Å². The molecule has 0 nitrogen and oxygen atoms in total. The second kappa shape index (κ2) is 7.64. The van der Waals surface area contributed by atoms with E-state index < -0.39 is 0 Å². The molecule has 0 radical (unpaired) electrons. The molecule has 0 aliphatic heterocycles. The molecule has 1 aromatic rings. The molecule has 1 unspecified atom stereocenters. The first kappa shape index (κ1) is 17.4. The minimum Gasteiger partial charge on any atom is -0.206 e. The molecule has 0 aromatic heterocycles.